The van der Waals surface area contributed by atoms with Crippen molar-refractivity contribution in [3.63, 3.8) is 0 Å². The molecule has 20 heavy (non-hydrogen) atoms. The minimum atomic E-state index is 0.472. The van der Waals surface area contributed by atoms with Crippen LogP contribution < -0.4 is 5.32 Å². The van der Waals surface area contributed by atoms with Crippen molar-refractivity contribution in [1.29, 1.82) is 0 Å². The fraction of sp³-hybridized carbons (Fsp3) is 0.467. The van der Waals surface area contributed by atoms with Crippen LogP contribution in [0.25, 0.3) is 0 Å². The van der Waals surface area contributed by atoms with Gasteiger partial charge >= 0.3 is 0 Å². The van der Waals surface area contributed by atoms with Crippen LogP contribution in [-0.4, -0.2) is 26.3 Å². The first-order valence-electron chi connectivity index (χ1n) is 7.07. The zero-order valence-electron chi connectivity index (χ0n) is 11.9. The van der Waals surface area contributed by atoms with E-state index in [1.807, 2.05) is 16.4 Å². The van der Waals surface area contributed by atoms with Gasteiger partial charge in [0.05, 0.1) is 12.2 Å². The van der Waals surface area contributed by atoms with Crippen molar-refractivity contribution in [3.05, 3.63) is 41.7 Å². The fourth-order valence-electron chi connectivity index (χ4n) is 2.38. The van der Waals surface area contributed by atoms with E-state index >= 15 is 0 Å². The molecule has 4 nitrogen and oxygen atoms in total. The first-order valence-corrected chi connectivity index (χ1v) is 7.95. The van der Waals surface area contributed by atoms with Crippen molar-refractivity contribution in [3.8, 4) is 0 Å². The molecule has 0 radical (unpaired) electrons. The van der Waals surface area contributed by atoms with Gasteiger partial charge in [0.1, 0.15) is 0 Å². The van der Waals surface area contributed by atoms with Gasteiger partial charge in [-0.1, -0.05) is 37.3 Å². The van der Waals surface area contributed by atoms with Crippen molar-refractivity contribution >= 4 is 11.8 Å². The van der Waals surface area contributed by atoms with Crippen LogP contribution in [0.15, 0.2) is 35.4 Å². The summed E-state index contributed by atoms with van der Waals surface area (Å²) in [4.78, 5) is 1.42. The third-order valence-electron chi connectivity index (χ3n) is 3.38. The molecule has 1 unspecified atom stereocenters. The van der Waals surface area contributed by atoms with E-state index in [0.717, 1.165) is 25.2 Å². The Bertz CT molecular complexity index is 554. The molecule has 0 spiro atoms. The monoisotopic (exact) mass is 288 g/mol. The van der Waals surface area contributed by atoms with Crippen molar-refractivity contribution < 1.29 is 0 Å². The van der Waals surface area contributed by atoms with Crippen LogP contribution >= 0.6 is 11.8 Å². The second kappa shape index (κ2) is 5.97. The summed E-state index contributed by atoms with van der Waals surface area (Å²) in [5.74, 6) is 0. The summed E-state index contributed by atoms with van der Waals surface area (Å²) < 4.78 is 1.97. The van der Waals surface area contributed by atoms with E-state index in [2.05, 4.69) is 59.9 Å². The zero-order chi connectivity index (χ0) is 13.9. The number of hydrogen-bond donors (Lipinski definition) is 1. The lowest BCUT2D eigenvalue weighted by molar-refractivity contribution is 0.571. The van der Waals surface area contributed by atoms with Crippen LogP contribution in [-0.2, 0) is 19.5 Å². The Morgan fingerprint density at radius 1 is 1.40 bits per heavy atom. The normalized spacial score (nSPS) is 17.6. The molecular weight excluding hydrogens is 268 g/mol. The molecule has 1 aromatic carbocycles. The van der Waals surface area contributed by atoms with Crippen LogP contribution in [0.2, 0.25) is 0 Å². The molecule has 0 saturated heterocycles. The van der Waals surface area contributed by atoms with Gasteiger partial charge < -0.3 is 5.32 Å². The van der Waals surface area contributed by atoms with Crippen molar-refractivity contribution in [2.24, 2.45) is 0 Å². The minimum absolute atomic E-state index is 0.472. The lowest BCUT2D eigenvalue weighted by Gasteiger charge is -2.07. The maximum atomic E-state index is 4.23. The maximum absolute atomic E-state index is 4.23. The second-order valence-corrected chi connectivity index (χ2v) is 6.86. The molecule has 1 aliphatic heterocycles. The lowest BCUT2D eigenvalue weighted by atomic mass is 10.1. The highest BCUT2D eigenvalue weighted by atomic mass is 32.2. The highest BCUT2D eigenvalue weighted by Gasteiger charge is 2.22. The highest BCUT2D eigenvalue weighted by molar-refractivity contribution is 8.00. The Balaban J connectivity index is 1.57. The van der Waals surface area contributed by atoms with Gasteiger partial charge in [0, 0.05) is 28.9 Å². The summed E-state index contributed by atoms with van der Waals surface area (Å²) in [6.45, 7) is 5.98. The smallest absolute Gasteiger partial charge is 0.0964 e. The summed E-state index contributed by atoms with van der Waals surface area (Å²) in [7, 11) is 0. The number of hydrogen-bond acceptors (Lipinski definition) is 4. The summed E-state index contributed by atoms with van der Waals surface area (Å²) in [6.07, 6.45) is 3.18. The fourth-order valence-corrected chi connectivity index (χ4v) is 3.69. The van der Waals surface area contributed by atoms with Crippen molar-refractivity contribution in [2.75, 3.05) is 0 Å². The van der Waals surface area contributed by atoms with Gasteiger partial charge in [-0.15, -0.1) is 16.9 Å². The predicted octanol–water partition coefficient (Wildman–Crippen LogP) is 2.49. The number of fused-ring (bicyclic) bond motifs is 1. The molecule has 3 rings (SSSR count). The average Bonchev–Trinajstić information content (AvgIpc) is 3.02. The number of rotatable bonds is 5. The van der Waals surface area contributed by atoms with E-state index < -0.39 is 0 Å². The third-order valence-corrected chi connectivity index (χ3v) is 4.68. The minimum Gasteiger partial charge on any atom is -0.309 e. The summed E-state index contributed by atoms with van der Waals surface area (Å²) in [6, 6.07) is 9.13. The summed E-state index contributed by atoms with van der Waals surface area (Å²) in [5.41, 5.74) is 2.48. The molecule has 1 N–H and O–H groups in total. The van der Waals surface area contributed by atoms with E-state index in [1.54, 1.807) is 0 Å². The molecule has 0 aliphatic carbocycles. The van der Waals surface area contributed by atoms with Gasteiger partial charge in [-0.25, -0.2) is 0 Å². The van der Waals surface area contributed by atoms with E-state index in [0.29, 0.717) is 11.3 Å². The molecule has 1 aromatic heterocycles. The standard InChI is InChI=1S/C15H20N4S/c1-11(2)16-8-13-9-19(18-17-13)10-14-7-12-5-3-4-6-15(12)20-14/h3-6,9,11,14,16H,7-8,10H2,1-2H3. The van der Waals surface area contributed by atoms with Gasteiger partial charge in [0.2, 0.25) is 0 Å². The van der Waals surface area contributed by atoms with Crippen LogP contribution in [0.5, 0.6) is 0 Å². The van der Waals surface area contributed by atoms with Crippen LogP contribution in [0.3, 0.4) is 0 Å². The van der Waals surface area contributed by atoms with Crippen LogP contribution in [0.1, 0.15) is 25.1 Å². The second-order valence-electron chi connectivity index (χ2n) is 5.52. The topological polar surface area (TPSA) is 42.7 Å². The van der Waals surface area contributed by atoms with E-state index in [-0.39, 0.29) is 0 Å². The first kappa shape index (κ1) is 13.6. The largest absolute Gasteiger partial charge is 0.309 e. The Kier molecular flexibility index (Phi) is 4.08. The first-order chi connectivity index (χ1) is 9.70. The molecule has 0 saturated carbocycles. The molecular formula is C15H20N4S. The number of nitrogens with one attached hydrogen (secondary N) is 1. The molecule has 106 valence electrons. The molecule has 5 heteroatoms. The molecule has 1 atom stereocenters. The maximum Gasteiger partial charge on any atom is 0.0964 e. The molecule has 0 bridgehead atoms. The van der Waals surface area contributed by atoms with Crippen molar-refractivity contribution in [1.82, 2.24) is 20.3 Å². The molecule has 2 aromatic rings. The highest BCUT2D eigenvalue weighted by Crippen LogP contribution is 2.37. The summed E-state index contributed by atoms with van der Waals surface area (Å²) >= 11 is 1.95. The van der Waals surface area contributed by atoms with Gasteiger partial charge in [0.15, 0.2) is 0 Å². The third kappa shape index (κ3) is 3.22. The number of benzene rings is 1. The average molecular weight is 288 g/mol. The Morgan fingerprint density at radius 3 is 3.05 bits per heavy atom. The van der Waals surface area contributed by atoms with Crippen molar-refractivity contribution in [2.45, 2.75) is 49.5 Å². The summed E-state index contributed by atoms with van der Waals surface area (Å²) in [5, 5.41) is 12.4. The predicted molar refractivity (Wildman–Crippen MR) is 81.8 cm³/mol. The quantitative estimate of drug-likeness (QED) is 0.918. The van der Waals surface area contributed by atoms with Crippen LogP contribution in [0, 0.1) is 0 Å². The van der Waals surface area contributed by atoms with Gasteiger partial charge in [-0.2, -0.15) is 0 Å². The van der Waals surface area contributed by atoms with E-state index in [1.165, 1.54) is 10.5 Å². The lowest BCUT2D eigenvalue weighted by Crippen LogP contribution is -2.22. The molecule has 0 fully saturated rings. The number of aromatic nitrogens is 3. The van der Waals surface area contributed by atoms with Gasteiger partial charge in [-0.3, -0.25) is 4.68 Å². The van der Waals surface area contributed by atoms with Gasteiger partial charge in [0.25, 0.3) is 0 Å². The Morgan fingerprint density at radius 2 is 2.25 bits per heavy atom. The number of thioether (sulfide) groups is 1. The molecule has 0 amide bonds. The molecule has 2 heterocycles. The van der Waals surface area contributed by atoms with Gasteiger partial charge in [-0.05, 0) is 18.1 Å². The molecule has 1 aliphatic rings. The zero-order valence-corrected chi connectivity index (χ0v) is 12.7. The van der Waals surface area contributed by atoms with Crippen LogP contribution in [0.4, 0.5) is 0 Å². The Hall–Kier alpha value is -1.33. The number of nitrogens with zero attached hydrogens (tertiary/aromatic N) is 3. The Labute approximate surface area is 124 Å². The van der Waals surface area contributed by atoms with E-state index in [9.17, 15) is 0 Å². The van der Waals surface area contributed by atoms with E-state index in [4.69, 9.17) is 0 Å². The SMILES string of the molecule is CC(C)NCc1cn(CC2Cc3ccccc3S2)nn1.